The average molecular weight is 241 g/mol. The van der Waals surface area contributed by atoms with E-state index < -0.39 is 11.9 Å². The first-order chi connectivity index (χ1) is 7.58. The summed E-state index contributed by atoms with van der Waals surface area (Å²) < 4.78 is 0. The number of hydrogen-bond acceptors (Lipinski definition) is 3. The Labute approximate surface area is 96.7 Å². The van der Waals surface area contributed by atoms with Crippen LogP contribution in [0, 0.1) is 5.92 Å². The van der Waals surface area contributed by atoms with Crippen LogP contribution in [0.25, 0.3) is 0 Å². The first-order valence-corrected chi connectivity index (χ1v) is 5.09. The molecule has 1 aliphatic heterocycles. The van der Waals surface area contributed by atoms with Crippen LogP contribution < -0.4 is 0 Å². The number of carbonyl (C=O) groups excluding carboxylic acids is 1. The minimum Gasteiger partial charge on any atom is -0.481 e. The molecule has 0 radical (unpaired) electrons. The minimum atomic E-state index is -0.864. The van der Waals surface area contributed by atoms with Gasteiger partial charge < -0.3 is 10.0 Å². The number of amides is 1. The molecule has 1 N–H and O–H groups in total. The lowest BCUT2D eigenvalue weighted by atomic mass is 9.99. The number of likely N-dealkylation sites (tertiary alicyclic amines) is 1. The molecule has 2 rings (SSSR count). The van der Waals surface area contributed by atoms with Crippen molar-refractivity contribution in [3.63, 3.8) is 0 Å². The zero-order valence-corrected chi connectivity index (χ0v) is 9.02. The summed E-state index contributed by atoms with van der Waals surface area (Å²) in [5.74, 6) is -1.51. The largest absolute Gasteiger partial charge is 0.481 e. The fourth-order valence-corrected chi connectivity index (χ4v) is 1.69. The van der Waals surface area contributed by atoms with Gasteiger partial charge in [0.05, 0.1) is 5.92 Å². The van der Waals surface area contributed by atoms with Crippen molar-refractivity contribution < 1.29 is 14.7 Å². The summed E-state index contributed by atoms with van der Waals surface area (Å²) in [7, 11) is 0. The van der Waals surface area contributed by atoms with Crippen molar-refractivity contribution in [1.82, 2.24) is 9.88 Å². The van der Waals surface area contributed by atoms with Crippen LogP contribution in [0.5, 0.6) is 0 Å². The molecule has 2 heterocycles. The number of hydrogen-bond donors (Lipinski definition) is 1. The summed E-state index contributed by atoms with van der Waals surface area (Å²) in [6, 6.07) is 3.03. The molecular formula is C10H9ClN2O3. The highest BCUT2D eigenvalue weighted by Crippen LogP contribution is 2.19. The van der Waals surface area contributed by atoms with E-state index in [4.69, 9.17) is 16.7 Å². The summed E-state index contributed by atoms with van der Waals surface area (Å²) in [6.07, 6.45) is 1.45. The normalized spacial score (nSPS) is 15.7. The smallest absolute Gasteiger partial charge is 0.310 e. The third kappa shape index (κ3) is 1.99. The van der Waals surface area contributed by atoms with Crippen LogP contribution in [-0.2, 0) is 4.79 Å². The SMILES string of the molecule is O=C(O)C1CN(C(=O)c2ccnc(Cl)c2)C1. The van der Waals surface area contributed by atoms with Crippen molar-refractivity contribution in [2.75, 3.05) is 13.1 Å². The fraction of sp³-hybridized carbons (Fsp3) is 0.300. The van der Waals surface area contributed by atoms with E-state index in [0.29, 0.717) is 5.56 Å². The molecule has 1 fully saturated rings. The summed E-state index contributed by atoms with van der Waals surface area (Å²) in [4.78, 5) is 27.6. The van der Waals surface area contributed by atoms with Crippen molar-refractivity contribution in [3.05, 3.63) is 29.0 Å². The molecule has 0 atom stereocenters. The van der Waals surface area contributed by atoms with Gasteiger partial charge >= 0.3 is 5.97 Å². The van der Waals surface area contributed by atoms with E-state index >= 15 is 0 Å². The number of carboxylic acids is 1. The van der Waals surface area contributed by atoms with Gasteiger partial charge in [0.1, 0.15) is 5.15 Å². The van der Waals surface area contributed by atoms with Crippen molar-refractivity contribution in [2.24, 2.45) is 5.92 Å². The van der Waals surface area contributed by atoms with Crippen molar-refractivity contribution in [2.45, 2.75) is 0 Å². The predicted octanol–water partition coefficient (Wildman–Crippen LogP) is 0.892. The zero-order valence-electron chi connectivity index (χ0n) is 8.26. The van der Waals surface area contributed by atoms with Gasteiger partial charge in [-0.05, 0) is 12.1 Å². The Morgan fingerprint density at radius 3 is 2.75 bits per heavy atom. The lowest BCUT2D eigenvalue weighted by Gasteiger charge is -2.36. The second-order valence-electron chi connectivity index (χ2n) is 3.61. The monoisotopic (exact) mass is 240 g/mol. The summed E-state index contributed by atoms with van der Waals surface area (Å²) in [5.41, 5.74) is 0.434. The lowest BCUT2D eigenvalue weighted by Crippen LogP contribution is -2.53. The molecule has 0 saturated carbocycles. The van der Waals surface area contributed by atoms with Gasteiger partial charge in [-0.1, -0.05) is 11.6 Å². The van der Waals surface area contributed by atoms with Crippen molar-refractivity contribution in [3.8, 4) is 0 Å². The molecule has 1 aliphatic rings. The van der Waals surface area contributed by atoms with Gasteiger partial charge in [0.2, 0.25) is 0 Å². The van der Waals surface area contributed by atoms with Gasteiger partial charge in [0.25, 0.3) is 5.91 Å². The predicted molar refractivity (Wildman–Crippen MR) is 56.3 cm³/mol. The molecule has 84 valence electrons. The molecule has 1 aromatic rings. The van der Waals surface area contributed by atoms with E-state index in [1.165, 1.54) is 17.2 Å². The number of rotatable bonds is 2. The molecule has 5 nitrogen and oxygen atoms in total. The molecule has 0 aromatic carbocycles. The van der Waals surface area contributed by atoms with Crippen LogP contribution in [-0.4, -0.2) is 40.0 Å². The number of carbonyl (C=O) groups is 2. The number of carboxylic acid groups (broad SMARTS) is 1. The van der Waals surface area contributed by atoms with E-state index in [1.54, 1.807) is 6.07 Å². The Kier molecular flexibility index (Phi) is 2.78. The number of aromatic nitrogens is 1. The second kappa shape index (κ2) is 4.09. The van der Waals surface area contributed by atoms with E-state index in [-0.39, 0.29) is 24.1 Å². The van der Waals surface area contributed by atoms with Crippen molar-refractivity contribution in [1.29, 1.82) is 0 Å². The van der Waals surface area contributed by atoms with Gasteiger partial charge in [0.15, 0.2) is 0 Å². The third-order valence-electron chi connectivity index (χ3n) is 2.49. The van der Waals surface area contributed by atoms with E-state index in [2.05, 4.69) is 4.98 Å². The van der Waals surface area contributed by atoms with Gasteiger partial charge in [-0.3, -0.25) is 9.59 Å². The van der Waals surface area contributed by atoms with Gasteiger partial charge in [0, 0.05) is 24.8 Å². The molecule has 0 bridgehead atoms. The Hall–Kier alpha value is -1.62. The van der Waals surface area contributed by atoms with Crippen LogP contribution in [0.15, 0.2) is 18.3 Å². The van der Waals surface area contributed by atoms with Crippen LogP contribution in [0.1, 0.15) is 10.4 Å². The molecule has 1 aromatic heterocycles. The fourth-order valence-electron chi connectivity index (χ4n) is 1.52. The molecule has 1 amide bonds. The first kappa shape index (κ1) is 10.9. The maximum Gasteiger partial charge on any atom is 0.310 e. The summed E-state index contributed by atoms with van der Waals surface area (Å²) in [6.45, 7) is 0.516. The number of nitrogens with zero attached hydrogens (tertiary/aromatic N) is 2. The van der Waals surface area contributed by atoms with Gasteiger partial charge in [-0.2, -0.15) is 0 Å². The number of halogens is 1. The lowest BCUT2D eigenvalue weighted by molar-refractivity contribution is -0.146. The number of aliphatic carboxylic acids is 1. The quantitative estimate of drug-likeness (QED) is 0.780. The second-order valence-corrected chi connectivity index (χ2v) is 4.00. The van der Waals surface area contributed by atoms with Gasteiger partial charge in [-0.15, -0.1) is 0 Å². The van der Waals surface area contributed by atoms with E-state index in [0.717, 1.165) is 0 Å². The van der Waals surface area contributed by atoms with E-state index in [9.17, 15) is 9.59 Å². The third-order valence-corrected chi connectivity index (χ3v) is 2.70. The average Bonchev–Trinajstić information content (AvgIpc) is 2.14. The molecule has 1 saturated heterocycles. The molecule has 16 heavy (non-hydrogen) atoms. The Balaban J connectivity index is 2.03. The molecule has 0 aliphatic carbocycles. The molecule has 6 heteroatoms. The number of pyridine rings is 1. The van der Waals surface area contributed by atoms with Crippen LogP contribution in [0.3, 0.4) is 0 Å². The van der Waals surface area contributed by atoms with E-state index in [1.807, 2.05) is 0 Å². The first-order valence-electron chi connectivity index (χ1n) is 4.71. The minimum absolute atomic E-state index is 0.207. The highest BCUT2D eigenvalue weighted by molar-refractivity contribution is 6.29. The van der Waals surface area contributed by atoms with Crippen LogP contribution in [0.2, 0.25) is 5.15 Å². The van der Waals surface area contributed by atoms with Crippen LogP contribution >= 0.6 is 11.6 Å². The Morgan fingerprint density at radius 1 is 1.50 bits per heavy atom. The summed E-state index contributed by atoms with van der Waals surface area (Å²) >= 11 is 5.66. The zero-order chi connectivity index (χ0) is 11.7. The highest BCUT2D eigenvalue weighted by Gasteiger charge is 2.35. The maximum atomic E-state index is 11.8. The maximum absolute atomic E-state index is 11.8. The standard InChI is InChI=1S/C10H9ClN2O3/c11-8-3-6(1-2-12-8)9(14)13-4-7(5-13)10(15)16/h1-3,7H,4-5H2,(H,15,16). The molecule has 0 unspecified atom stereocenters. The van der Waals surface area contributed by atoms with Crippen LogP contribution in [0.4, 0.5) is 0 Å². The highest BCUT2D eigenvalue weighted by atomic mass is 35.5. The topological polar surface area (TPSA) is 70.5 Å². The molecular weight excluding hydrogens is 232 g/mol. The van der Waals surface area contributed by atoms with Gasteiger partial charge in [-0.25, -0.2) is 4.98 Å². The molecule has 0 spiro atoms. The Bertz CT molecular complexity index is 443. The summed E-state index contributed by atoms with van der Waals surface area (Å²) in [5, 5.41) is 8.93. The Morgan fingerprint density at radius 2 is 2.19 bits per heavy atom. The van der Waals surface area contributed by atoms with Crippen molar-refractivity contribution >= 4 is 23.5 Å².